The Labute approximate surface area is 145 Å². The molecule has 4 rings (SSSR count). The van der Waals surface area contributed by atoms with E-state index < -0.39 is 8.07 Å². The van der Waals surface area contributed by atoms with E-state index >= 15 is 0 Å². The smallest absolute Gasteiger partial charge is 0.254 e. The number of likely N-dealkylation sites (tertiary alicyclic amines) is 1. The largest absolute Gasteiger partial charge is 0.454 e. The molecule has 1 saturated carbocycles. The lowest BCUT2D eigenvalue weighted by molar-refractivity contribution is 0.0691. The summed E-state index contributed by atoms with van der Waals surface area (Å²) in [4.78, 5) is 15.6. The Morgan fingerprint density at radius 3 is 2.71 bits per heavy atom. The van der Waals surface area contributed by atoms with Gasteiger partial charge in [-0.05, 0) is 42.5 Å². The van der Waals surface area contributed by atoms with E-state index in [9.17, 15) is 4.79 Å². The lowest BCUT2D eigenvalue weighted by Gasteiger charge is -2.33. The highest BCUT2D eigenvalue weighted by molar-refractivity contribution is 6.90. The molecule has 2 aliphatic heterocycles. The van der Waals surface area contributed by atoms with Gasteiger partial charge in [-0.2, -0.15) is 0 Å². The van der Waals surface area contributed by atoms with Crippen molar-refractivity contribution < 1.29 is 14.3 Å². The Morgan fingerprint density at radius 1 is 1.12 bits per heavy atom. The van der Waals surface area contributed by atoms with Crippen LogP contribution in [0.25, 0.3) is 0 Å². The number of carbonyl (C=O) groups is 1. The molecule has 24 heavy (non-hydrogen) atoms. The first-order chi connectivity index (χ1) is 11.5. The van der Waals surface area contributed by atoms with E-state index in [1.165, 1.54) is 32.1 Å². The summed E-state index contributed by atoms with van der Waals surface area (Å²) < 4.78 is 11.3. The number of amides is 1. The third-order valence-electron chi connectivity index (χ3n) is 5.79. The molecule has 2 heterocycles. The summed E-state index contributed by atoms with van der Waals surface area (Å²) in [5.74, 6) is 2.53. The quantitative estimate of drug-likeness (QED) is 0.772. The summed E-state index contributed by atoms with van der Waals surface area (Å²) in [6.45, 7) is 7.99. The van der Waals surface area contributed by atoms with Gasteiger partial charge in [0.15, 0.2) is 11.5 Å². The molecule has 0 spiro atoms. The fourth-order valence-corrected chi connectivity index (χ4v) is 6.58. The standard InChI is InChI=1S/C19H27NO3Si/c1-24(2,3)18-14(8-9-16-17(18)23-12-22-16)19(21)20-11-10-13-6-4-5-7-15(13)20/h8-9,13,15H,4-7,10-12H2,1-3H3/t13-,15-/m1/s1. The maximum Gasteiger partial charge on any atom is 0.254 e. The minimum atomic E-state index is -1.74. The molecule has 1 aromatic carbocycles. The average Bonchev–Trinajstić information content (AvgIpc) is 3.18. The Kier molecular flexibility index (Phi) is 3.86. The van der Waals surface area contributed by atoms with Crippen LogP contribution in [0.4, 0.5) is 0 Å². The van der Waals surface area contributed by atoms with Crippen LogP contribution in [-0.4, -0.2) is 38.3 Å². The van der Waals surface area contributed by atoms with Gasteiger partial charge in [0.2, 0.25) is 6.79 Å². The molecule has 4 nitrogen and oxygen atoms in total. The van der Waals surface area contributed by atoms with Crippen LogP contribution in [0, 0.1) is 5.92 Å². The van der Waals surface area contributed by atoms with Crippen molar-refractivity contribution >= 4 is 19.2 Å². The molecule has 5 heteroatoms. The first kappa shape index (κ1) is 16.0. The molecule has 1 amide bonds. The van der Waals surface area contributed by atoms with Crippen LogP contribution in [0.1, 0.15) is 42.5 Å². The second-order valence-corrected chi connectivity index (χ2v) is 13.4. The molecule has 3 aliphatic rings. The summed E-state index contributed by atoms with van der Waals surface area (Å²) in [6, 6.07) is 4.33. The molecule has 2 fully saturated rings. The molecular weight excluding hydrogens is 318 g/mol. The second kappa shape index (κ2) is 5.79. The van der Waals surface area contributed by atoms with Crippen molar-refractivity contribution in [1.82, 2.24) is 4.90 Å². The number of hydrogen-bond acceptors (Lipinski definition) is 3. The lowest BCUT2D eigenvalue weighted by Crippen LogP contribution is -2.46. The highest BCUT2D eigenvalue weighted by Crippen LogP contribution is 2.38. The van der Waals surface area contributed by atoms with Crippen molar-refractivity contribution in [2.24, 2.45) is 5.92 Å². The van der Waals surface area contributed by atoms with Crippen molar-refractivity contribution in [3.63, 3.8) is 0 Å². The highest BCUT2D eigenvalue weighted by atomic mass is 28.3. The molecule has 0 N–H and O–H groups in total. The number of benzene rings is 1. The topological polar surface area (TPSA) is 38.8 Å². The predicted octanol–water partition coefficient (Wildman–Crippen LogP) is 3.37. The SMILES string of the molecule is C[Si](C)(C)c1c(C(=O)N2CC[C@H]3CCCC[C@H]32)ccc2c1OCO2. The van der Waals surface area contributed by atoms with Gasteiger partial charge in [0.05, 0.1) is 8.07 Å². The summed E-state index contributed by atoms with van der Waals surface area (Å²) in [5.41, 5.74) is 0.852. The van der Waals surface area contributed by atoms with Crippen LogP contribution < -0.4 is 14.7 Å². The molecule has 1 saturated heterocycles. The van der Waals surface area contributed by atoms with Crippen LogP contribution in [0.5, 0.6) is 11.5 Å². The van der Waals surface area contributed by atoms with Crippen LogP contribution in [0.2, 0.25) is 19.6 Å². The molecule has 1 aromatic rings. The molecule has 0 aromatic heterocycles. The summed E-state index contributed by atoms with van der Waals surface area (Å²) in [7, 11) is -1.74. The van der Waals surface area contributed by atoms with Crippen LogP contribution in [0.15, 0.2) is 12.1 Å². The van der Waals surface area contributed by atoms with Crippen molar-refractivity contribution in [2.45, 2.75) is 57.8 Å². The molecule has 0 bridgehead atoms. The maximum atomic E-state index is 13.4. The van der Waals surface area contributed by atoms with E-state index in [4.69, 9.17) is 9.47 Å². The van der Waals surface area contributed by atoms with Crippen molar-refractivity contribution in [1.29, 1.82) is 0 Å². The van der Waals surface area contributed by atoms with Crippen molar-refractivity contribution in [3.05, 3.63) is 17.7 Å². The number of rotatable bonds is 2. The zero-order chi connectivity index (χ0) is 16.9. The fraction of sp³-hybridized carbons (Fsp3) is 0.632. The first-order valence-corrected chi connectivity index (χ1v) is 12.7. The summed E-state index contributed by atoms with van der Waals surface area (Å²) in [5, 5.41) is 1.13. The van der Waals surface area contributed by atoms with Crippen molar-refractivity contribution in [2.75, 3.05) is 13.3 Å². The number of hydrogen-bond donors (Lipinski definition) is 0. The van der Waals surface area contributed by atoms with Gasteiger partial charge in [0.1, 0.15) is 0 Å². The van der Waals surface area contributed by atoms with E-state index in [0.29, 0.717) is 12.0 Å². The lowest BCUT2D eigenvalue weighted by atomic mass is 9.85. The number of carbonyl (C=O) groups excluding carboxylic acids is 1. The van der Waals surface area contributed by atoms with Crippen LogP contribution in [0.3, 0.4) is 0 Å². The van der Waals surface area contributed by atoms with Gasteiger partial charge in [-0.1, -0.05) is 32.5 Å². The summed E-state index contributed by atoms with van der Waals surface area (Å²) >= 11 is 0. The maximum absolute atomic E-state index is 13.4. The number of nitrogens with zero attached hydrogens (tertiary/aromatic N) is 1. The normalized spacial score (nSPS) is 25.7. The van der Waals surface area contributed by atoms with E-state index in [1.807, 2.05) is 12.1 Å². The van der Waals surface area contributed by atoms with E-state index in [0.717, 1.165) is 28.8 Å². The van der Waals surface area contributed by atoms with Gasteiger partial charge in [0.25, 0.3) is 5.91 Å². The van der Waals surface area contributed by atoms with Crippen LogP contribution in [-0.2, 0) is 0 Å². The number of ether oxygens (including phenoxy) is 2. The molecule has 130 valence electrons. The zero-order valence-corrected chi connectivity index (χ0v) is 15.9. The minimum absolute atomic E-state index is 0.208. The number of fused-ring (bicyclic) bond motifs is 2. The third kappa shape index (κ3) is 2.53. The Bertz CT molecular complexity index is 667. The molecule has 0 unspecified atom stereocenters. The van der Waals surface area contributed by atoms with Gasteiger partial charge in [-0.25, -0.2) is 0 Å². The molecule has 1 aliphatic carbocycles. The predicted molar refractivity (Wildman–Crippen MR) is 96.9 cm³/mol. The molecular formula is C19H27NO3Si. The Morgan fingerprint density at radius 2 is 1.92 bits per heavy atom. The van der Waals surface area contributed by atoms with E-state index in [1.54, 1.807) is 0 Å². The first-order valence-electron chi connectivity index (χ1n) is 9.21. The minimum Gasteiger partial charge on any atom is -0.454 e. The molecule has 0 radical (unpaired) electrons. The fourth-order valence-electron chi connectivity index (χ4n) is 4.71. The summed E-state index contributed by atoms with van der Waals surface area (Å²) in [6.07, 6.45) is 6.21. The Balaban J connectivity index is 1.73. The van der Waals surface area contributed by atoms with E-state index in [2.05, 4.69) is 24.5 Å². The zero-order valence-electron chi connectivity index (χ0n) is 14.9. The molecule has 2 atom stereocenters. The van der Waals surface area contributed by atoms with Gasteiger partial charge in [-0.15, -0.1) is 0 Å². The highest BCUT2D eigenvalue weighted by Gasteiger charge is 2.41. The van der Waals surface area contributed by atoms with Crippen LogP contribution >= 0.6 is 0 Å². The van der Waals surface area contributed by atoms with Gasteiger partial charge in [-0.3, -0.25) is 4.79 Å². The third-order valence-corrected chi connectivity index (χ3v) is 7.79. The Hall–Kier alpha value is -1.49. The van der Waals surface area contributed by atoms with E-state index in [-0.39, 0.29) is 12.7 Å². The van der Waals surface area contributed by atoms with Gasteiger partial charge >= 0.3 is 0 Å². The monoisotopic (exact) mass is 345 g/mol. The van der Waals surface area contributed by atoms with Gasteiger partial charge < -0.3 is 14.4 Å². The average molecular weight is 346 g/mol. The van der Waals surface area contributed by atoms with Crippen molar-refractivity contribution in [3.8, 4) is 11.5 Å². The van der Waals surface area contributed by atoms with Gasteiger partial charge in [0, 0.05) is 18.2 Å². The second-order valence-electron chi connectivity index (χ2n) is 8.37.